The summed E-state index contributed by atoms with van der Waals surface area (Å²) in [6, 6.07) is 7.87. The minimum absolute atomic E-state index is 0.266. The molecule has 0 radical (unpaired) electrons. The number of fused-ring (bicyclic) bond motifs is 2. The van der Waals surface area contributed by atoms with Crippen LogP contribution in [-0.4, -0.2) is 0 Å². The second kappa shape index (κ2) is 4.03. The van der Waals surface area contributed by atoms with Crippen molar-refractivity contribution in [2.24, 2.45) is 22.7 Å². The molecule has 4 heteroatoms. The Labute approximate surface area is 106 Å². The zero-order chi connectivity index (χ0) is 13.2. The second-order valence-electron chi connectivity index (χ2n) is 4.65. The highest BCUT2D eigenvalue weighted by atomic mass is 14.7. The van der Waals surface area contributed by atoms with E-state index in [1.165, 1.54) is 0 Å². The molecule has 86 valence electrons. The molecule has 0 saturated heterocycles. The summed E-state index contributed by atoms with van der Waals surface area (Å²) in [4.78, 5) is 0. The van der Waals surface area contributed by atoms with Crippen LogP contribution in [0.15, 0.2) is 24.3 Å². The van der Waals surface area contributed by atoms with E-state index in [0.29, 0.717) is 12.8 Å². The summed E-state index contributed by atoms with van der Waals surface area (Å²) in [6.45, 7) is 0. The van der Waals surface area contributed by atoms with E-state index < -0.39 is 10.8 Å². The molecule has 0 spiro atoms. The van der Waals surface area contributed by atoms with Crippen molar-refractivity contribution in [3.63, 3.8) is 0 Å². The predicted octanol–water partition coefficient (Wildman–Crippen LogP) is 2.21. The van der Waals surface area contributed by atoms with Gasteiger partial charge in [-0.25, -0.2) is 0 Å². The first-order valence-corrected chi connectivity index (χ1v) is 5.69. The number of rotatable bonds is 0. The van der Waals surface area contributed by atoms with Crippen molar-refractivity contribution < 1.29 is 0 Å². The van der Waals surface area contributed by atoms with Gasteiger partial charge in [0.2, 0.25) is 0 Å². The van der Waals surface area contributed by atoms with Gasteiger partial charge in [0.1, 0.15) is 0 Å². The fourth-order valence-electron chi connectivity index (χ4n) is 3.04. The smallest absolute Gasteiger partial charge is 0.181 e. The number of nitriles is 4. The van der Waals surface area contributed by atoms with Gasteiger partial charge in [0.05, 0.1) is 24.3 Å². The lowest BCUT2D eigenvalue weighted by Gasteiger charge is -2.29. The maximum Gasteiger partial charge on any atom is 0.181 e. The van der Waals surface area contributed by atoms with Crippen molar-refractivity contribution in [3.8, 4) is 24.3 Å². The molecular formula is C14H10N4. The Balaban J connectivity index is 2.72. The lowest BCUT2D eigenvalue weighted by molar-refractivity contribution is 0.266. The van der Waals surface area contributed by atoms with E-state index >= 15 is 0 Å². The molecule has 4 nitrogen and oxygen atoms in total. The summed E-state index contributed by atoms with van der Waals surface area (Å²) < 4.78 is 0. The molecular weight excluding hydrogens is 224 g/mol. The van der Waals surface area contributed by atoms with Crippen molar-refractivity contribution in [2.75, 3.05) is 0 Å². The molecule has 0 heterocycles. The Bertz CT molecular complexity index is 557. The topological polar surface area (TPSA) is 95.2 Å². The van der Waals surface area contributed by atoms with E-state index in [-0.39, 0.29) is 11.8 Å². The summed E-state index contributed by atoms with van der Waals surface area (Å²) in [6.07, 6.45) is 8.35. The zero-order valence-electron chi connectivity index (χ0n) is 9.67. The normalized spacial score (nSPS) is 30.0. The number of nitrogens with zero attached hydrogens (tertiary/aromatic N) is 4. The van der Waals surface area contributed by atoms with Crippen LogP contribution in [0.3, 0.4) is 0 Å². The molecule has 0 amide bonds. The Kier molecular flexibility index (Phi) is 2.67. The number of allylic oxidation sites excluding steroid dienone is 4. The van der Waals surface area contributed by atoms with Gasteiger partial charge in [0, 0.05) is 5.92 Å². The minimum Gasteiger partial charge on any atom is -0.196 e. The molecule has 18 heavy (non-hydrogen) atoms. The quantitative estimate of drug-likeness (QED) is 0.641. The van der Waals surface area contributed by atoms with E-state index in [0.717, 1.165) is 0 Å². The van der Waals surface area contributed by atoms with Crippen molar-refractivity contribution in [2.45, 2.75) is 12.8 Å². The van der Waals surface area contributed by atoms with Crippen LogP contribution < -0.4 is 0 Å². The van der Waals surface area contributed by atoms with Crippen LogP contribution in [0.5, 0.6) is 0 Å². The van der Waals surface area contributed by atoms with Crippen LogP contribution in [0.2, 0.25) is 0 Å². The summed E-state index contributed by atoms with van der Waals surface area (Å²) in [7, 11) is 0. The van der Waals surface area contributed by atoms with Crippen LogP contribution in [0.1, 0.15) is 12.8 Å². The summed E-state index contributed by atoms with van der Waals surface area (Å²) in [5.41, 5.74) is -3.11. The van der Waals surface area contributed by atoms with Gasteiger partial charge in [-0.05, 0) is 18.8 Å². The summed E-state index contributed by atoms with van der Waals surface area (Å²) in [5.74, 6) is -0.625. The largest absolute Gasteiger partial charge is 0.196 e. The van der Waals surface area contributed by atoms with E-state index in [2.05, 4.69) is 0 Å². The van der Waals surface area contributed by atoms with Crippen LogP contribution in [0, 0.1) is 68.0 Å². The lowest BCUT2D eigenvalue weighted by Crippen LogP contribution is -2.40. The Morgan fingerprint density at radius 3 is 2.06 bits per heavy atom. The summed E-state index contributed by atoms with van der Waals surface area (Å²) in [5, 5.41) is 37.7. The Morgan fingerprint density at radius 1 is 0.889 bits per heavy atom. The molecule has 0 unspecified atom stereocenters. The minimum atomic E-state index is -1.57. The Morgan fingerprint density at radius 2 is 1.50 bits per heavy atom. The van der Waals surface area contributed by atoms with Gasteiger partial charge < -0.3 is 0 Å². The fraction of sp³-hybridized carbons (Fsp3) is 0.429. The van der Waals surface area contributed by atoms with E-state index in [9.17, 15) is 21.0 Å². The Hall–Kier alpha value is -2.56. The first-order valence-electron chi connectivity index (χ1n) is 5.69. The molecule has 2 bridgehead atoms. The van der Waals surface area contributed by atoms with Gasteiger partial charge in [0.15, 0.2) is 10.8 Å². The maximum absolute atomic E-state index is 9.42. The van der Waals surface area contributed by atoms with Crippen molar-refractivity contribution in [1.29, 1.82) is 21.0 Å². The lowest BCUT2D eigenvalue weighted by atomic mass is 9.62. The van der Waals surface area contributed by atoms with Gasteiger partial charge in [-0.2, -0.15) is 21.0 Å². The van der Waals surface area contributed by atoms with Gasteiger partial charge in [-0.15, -0.1) is 0 Å². The molecule has 0 aromatic heterocycles. The number of hydrogen-bond donors (Lipinski definition) is 0. The van der Waals surface area contributed by atoms with Crippen molar-refractivity contribution in [3.05, 3.63) is 24.3 Å². The molecule has 0 aromatic carbocycles. The number of hydrogen-bond acceptors (Lipinski definition) is 4. The molecule has 2 atom stereocenters. The van der Waals surface area contributed by atoms with E-state index in [1.807, 2.05) is 36.4 Å². The molecule has 2 aliphatic rings. The third kappa shape index (κ3) is 1.15. The second-order valence-corrected chi connectivity index (χ2v) is 4.65. The van der Waals surface area contributed by atoms with Crippen molar-refractivity contribution in [1.82, 2.24) is 0 Å². The molecule has 1 saturated carbocycles. The van der Waals surface area contributed by atoms with Crippen molar-refractivity contribution >= 4 is 0 Å². The standard InChI is InChI=1S/C14H10N4/c15-7-13(8-16)11-4-2-1-3-5-12(6-11)14(13,9-17)10-18/h1-4,11-12H,5-6H2/t11-,12-/m1/s1. The first-order chi connectivity index (χ1) is 8.70. The van der Waals surface area contributed by atoms with Gasteiger partial charge in [0.25, 0.3) is 0 Å². The van der Waals surface area contributed by atoms with Crippen LogP contribution in [0.25, 0.3) is 0 Å². The van der Waals surface area contributed by atoms with E-state index in [4.69, 9.17) is 0 Å². The summed E-state index contributed by atoms with van der Waals surface area (Å²) >= 11 is 0. The average molecular weight is 234 g/mol. The molecule has 0 N–H and O–H groups in total. The van der Waals surface area contributed by atoms with Gasteiger partial charge in [-0.1, -0.05) is 24.3 Å². The van der Waals surface area contributed by atoms with Crippen LogP contribution in [-0.2, 0) is 0 Å². The third-order valence-corrected chi connectivity index (χ3v) is 4.05. The van der Waals surface area contributed by atoms with Crippen LogP contribution >= 0.6 is 0 Å². The zero-order valence-corrected chi connectivity index (χ0v) is 9.67. The highest BCUT2D eigenvalue weighted by molar-refractivity contribution is 5.42. The van der Waals surface area contributed by atoms with E-state index in [1.54, 1.807) is 12.2 Å². The molecule has 1 fully saturated rings. The average Bonchev–Trinajstić information content (AvgIpc) is 2.67. The molecule has 0 aromatic rings. The first kappa shape index (κ1) is 11.9. The van der Waals surface area contributed by atoms with Gasteiger partial charge >= 0.3 is 0 Å². The SMILES string of the molecule is N#CC1(C#N)[C@@H]2CC=CC=C[C@H](C2)C1(C#N)C#N. The monoisotopic (exact) mass is 234 g/mol. The highest BCUT2D eigenvalue weighted by Gasteiger charge is 2.67. The molecule has 2 aliphatic carbocycles. The molecule has 0 aliphatic heterocycles. The highest BCUT2D eigenvalue weighted by Crippen LogP contribution is 2.60. The maximum atomic E-state index is 9.42. The van der Waals surface area contributed by atoms with Crippen LogP contribution in [0.4, 0.5) is 0 Å². The predicted molar refractivity (Wildman–Crippen MR) is 61.8 cm³/mol. The van der Waals surface area contributed by atoms with Gasteiger partial charge in [-0.3, -0.25) is 0 Å². The fourth-order valence-corrected chi connectivity index (χ4v) is 3.04. The molecule has 2 rings (SSSR count). The third-order valence-electron chi connectivity index (χ3n) is 4.05.